The van der Waals surface area contributed by atoms with E-state index in [1.165, 1.54) is 13.2 Å². The summed E-state index contributed by atoms with van der Waals surface area (Å²) >= 11 is 0. The van der Waals surface area contributed by atoms with Gasteiger partial charge in [-0.3, -0.25) is 4.79 Å². The minimum atomic E-state index is -0.369. The first-order valence-electron chi connectivity index (χ1n) is 6.14. The number of hydrogen-bond donors (Lipinski definition) is 2. The van der Waals surface area contributed by atoms with E-state index < -0.39 is 0 Å². The van der Waals surface area contributed by atoms with E-state index >= 15 is 0 Å². The van der Waals surface area contributed by atoms with Gasteiger partial charge in [-0.05, 0) is 37.1 Å². The number of carbonyl (C=O) groups excluding carboxylic acids is 1. The third-order valence-electron chi connectivity index (χ3n) is 2.99. The molecule has 0 saturated heterocycles. The summed E-state index contributed by atoms with van der Waals surface area (Å²) < 4.78 is 9.87. The summed E-state index contributed by atoms with van der Waals surface area (Å²) in [6.07, 6.45) is 0. The van der Waals surface area contributed by atoms with E-state index in [0.29, 0.717) is 17.1 Å². The number of aromatic nitrogens is 1. The molecule has 0 bridgehead atoms. The van der Waals surface area contributed by atoms with Crippen LogP contribution in [0.3, 0.4) is 0 Å². The van der Waals surface area contributed by atoms with Gasteiger partial charge in [0, 0.05) is 13.2 Å². The molecule has 3 N–H and O–H groups in total. The van der Waals surface area contributed by atoms with Crippen LogP contribution in [0, 0.1) is 13.8 Å². The molecule has 1 amide bonds. The molecule has 0 atom stereocenters. The van der Waals surface area contributed by atoms with Crippen LogP contribution in [0.2, 0.25) is 0 Å². The van der Waals surface area contributed by atoms with E-state index in [2.05, 4.69) is 10.5 Å². The molecule has 2 aromatic rings. The summed E-state index contributed by atoms with van der Waals surface area (Å²) in [5, 5.41) is 6.42. The topological polar surface area (TPSA) is 90.4 Å². The molecule has 0 aliphatic carbocycles. The van der Waals surface area contributed by atoms with Crippen LogP contribution in [-0.2, 0) is 11.3 Å². The first-order valence-corrected chi connectivity index (χ1v) is 6.14. The van der Waals surface area contributed by atoms with Gasteiger partial charge in [-0.1, -0.05) is 5.16 Å². The van der Waals surface area contributed by atoms with E-state index in [1.807, 2.05) is 26.0 Å². The maximum atomic E-state index is 12.1. The van der Waals surface area contributed by atoms with E-state index in [-0.39, 0.29) is 18.2 Å². The molecule has 1 heterocycles. The molecule has 0 aliphatic heterocycles. The van der Waals surface area contributed by atoms with Gasteiger partial charge in [-0.25, -0.2) is 0 Å². The lowest BCUT2D eigenvalue weighted by Crippen LogP contribution is -2.14. The molecule has 0 fully saturated rings. The van der Waals surface area contributed by atoms with Gasteiger partial charge in [0.15, 0.2) is 11.5 Å². The predicted octanol–water partition coefficient (Wildman–Crippen LogP) is 2.27. The SMILES string of the molecule is COCc1cc(C(=O)Nc2cc(C)c(C)cc2N)no1. The molecular formula is C14H17N3O3. The van der Waals surface area contributed by atoms with Crippen molar-refractivity contribution in [2.75, 3.05) is 18.2 Å². The number of benzene rings is 1. The maximum Gasteiger partial charge on any atom is 0.277 e. The number of nitrogens with two attached hydrogens (primary N) is 1. The summed E-state index contributed by atoms with van der Waals surface area (Å²) in [5.74, 6) is 0.122. The molecule has 0 spiro atoms. The molecule has 6 nitrogen and oxygen atoms in total. The molecule has 0 unspecified atom stereocenters. The first-order chi connectivity index (χ1) is 9.51. The standard InChI is InChI=1S/C14H17N3O3/c1-8-4-11(15)12(5-9(8)2)16-14(18)13-6-10(7-19-3)20-17-13/h4-6H,7,15H2,1-3H3,(H,16,18). The van der Waals surface area contributed by atoms with E-state index in [0.717, 1.165) is 11.1 Å². The molecule has 0 aliphatic rings. The lowest BCUT2D eigenvalue weighted by Gasteiger charge is -2.09. The molecular weight excluding hydrogens is 258 g/mol. The van der Waals surface area contributed by atoms with Gasteiger partial charge < -0.3 is 20.3 Å². The van der Waals surface area contributed by atoms with Crippen molar-refractivity contribution in [3.63, 3.8) is 0 Å². The molecule has 2 rings (SSSR count). The number of hydrogen-bond acceptors (Lipinski definition) is 5. The lowest BCUT2D eigenvalue weighted by atomic mass is 10.1. The normalized spacial score (nSPS) is 10.6. The van der Waals surface area contributed by atoms with Gasteiger partial charge in [0.25, 0.3) is 5.91 Å². The highest BCUT2D eigenvalue weighted by molar-refractivity contribution is 6.04. The van der Waals surface area contributed by atoms with Crippen molar-refractivity contribution in [3.05, 3.63) is 40.8 Å². The van der Waals surface area contributed by atoms with Crippen LogP contribution in [-0.4, -0.2) is 18.2 Å². The fraction of sp³-hybridized carbons (Fsp3) is 0.286. The Morgan fingerprint density at radius 2 is 2.05 bits per heavy atom. The quantitative estimate of drug-likeness (QED) is 0.835. The molecule has 6 heteroatoms. The fourth-order valence-electron chi connectivity index (χ4n) is 1.76. The molecule has 1 aromatic heterocycles. The maximum absolute atomic E-state index is 12.1. The summed E-state index contributed by atoms with van der Waals surface area (Å²) in [5.41, 5.74) is 9.28. The number of ether oxygens (including phenoxy) is 1. The Labute approximate surface area is 116 Å². The molecule has 20 heavy (non-hydrogen) atoms. The van der Waals surface area contributed by atoms with Crippen molar-refractivity contribution in [3.8, 4) is 0 Å². The zero-order chi connectivity index (χ0) is 14.7. The van der Waals surface area contributed by atoms with Gasteiger partial charge in [-0.2, -0.15) is 0 Å². The summed E-state index contributed by atoms with van der Waals surface area (Å²) in [6, 6.07) is 5.19. The zero-order valence-corrected chi connectivity index (χ0v) is 11.7. The van der Waals surface area contributed by atoms with Gasteiger partial charge in [0.2, 0.25) is 0 Å². The number of methoxy groups -OCH3 is 1. The Balaban J connectivity index is 2.16. The van der Waals surface area contributed by atoms with Crippen LogP contribution in [0.15, 0.2) is 22.7 Å². The second kappa shape index (κ2) is 5.75. The number of nitrogens with one attached hydrogen (secondary N) is 1. The fourth-order valence-corrected chi connectivity index (χ4v) is 1.76. The molecule has 106 valence electrons. The largest absolute Gasteiger partial charge is 0.397 e. The molecule has 1 aromatic carbocycles. The lowest BCUT2D eigenvalue weighted by molar-refractivity contribution is 0.101. The Morgan fingerprint density at radius 1 is 1.35 bits per heavy atom. The summed E-state index contributed by atoms with van der Waals surface area (Å²) in [6.45, 7) is 4.19. The van der Waals surface area contributed by atoms with Crippen LogP contribution in [0.25, 0.3) is 0 Å². The average molecular weight is 275 g/mol. The summed E-state index contributed by atoms with van der Waals surface area (Å²) in [4.78, 5) is 12.1. The van der Waals surface area contributed by atoms with Crippen molar-refractivity contribution < 1.29 is 14.1 Å². The Bertz CT molecular complexity index is 635. The highest BCUT2D eigenvalue weighted by Crippen LogP contribution is 2.23. The van der Waals surface area contributed by atoms with Gasteiger partial charge in [0.1, 0.15) is 6.61 Å². The number of amides is 1. The van der Waals surface area contributed by atoms with Crippen LogP contribution in [0.4, 0.5) is 11.4 Å². The van der Waals surface area contributed by atoms with Crippen molar-refractivity contribution in [1.82, 2.24) is 5.16 Å². The Hall–Kier alpha value is -2.34. The van der Waals surface area contributed by atoms with Crippen molar-refractivity contribution in [1.29, 1.82) is 0 Å². The van der Waals surface area contributed by atoms with E-state index in [1.54, 1.807) is 0 Å². The smallest absolute Gasteiger partial charge is 0.277 e. The Morgan fingerprint density at radius 3 is 2.75 bits per heavy atom. The van der Waals surface area contributed by atoms with Crippen LogP contribution < -0.4 is 11.1 Å². The number of anilines is 2. The molecule has 0 saturated carbocycles. The van der Waals surface area contributed by atoms with E-state index in [4.69, 9.17) is 15.0 Å². The van der Waals surface area contributed by atoms with Crippen LogP contribution >= 0.6 is 0 Å². The van der Waals surface area contributed by atoms with Crippen LogP contribution in [0.1, 0.15) is 27.4 Å². The third-order valence-corrected chi connectivity index (χ3v) is 2.99. The average Bonchev–Trinajstić information content (AvgIpc) is 2.85. The number of carbonyl (C=O) groups is 1. The zero-order valence-electron chi connectivity index (χ0n) is 11.7. The van der Waals surface area contributed by atoms with Crippen molar-refractivity contribution in [2.45, 2.75) is 20.5 Å². The second-order valence-corrected chi connectivity index (χ2v) is 4.59. The number of aryl methyl sites for hydroxylation is 2. The minimum absolute atomic E-state index is 0.190. The number of rotatable bonds is 4. The first kappa shape index (κ1) is 14.1. The van der Waals surface area contributed by atoms with Gasteiger partial charge >= 0.3 is 0 Å². The third kappa shape index (κ3) is 2.97. The summed E-state index contributed by atoms with van der Waals surface area (Å²) in [7, 11) is 1.54. The van der Waals surface area contributed by atoms with E-state index in [9.17, 15) is 4.79 Å². The highest BCUT2D eigenvalue weighted by atomic mass is 16.5. The number of nitrogen functional groups attached to an aromatic ring is 1. The van der Waals surface area contributed by atoms with Crippen molar-refractivity contribution >= 4 is 17.3 Å². The highest BCUT2D eigenvalue weighted by Gasteiger charge is 2.14. The second-order valence-electron chi connectivity index (χ2n) is 4.59. The van der Waals surface area contributed by atoms with Crippen molar-refractivity contribution in [2.24, 2.45) is 0 Å². The molecule has 0 radical (unpaired) electrons. The minimum Gasteiger partial charge on any atom is -0.397 e. The number of nitrogens with zero attached hydrogens (tertiary/aromatic N) is 1. The van der Waals surface area contributed by atoms with Gasteiger partial charge in [-0.15, -0.1) is 0 Å². The monoisotopic (exact) mass is 275 g/mol. The predicted molar refractivity (Wildman–Crippen MR) is 75.5 cm³/mol. The Kier molecular flexibility index (Phi) is 4.05. The van der Waals surface area contributed by atoms with Crippen LogP contribution in [0.5, 0.6) is 0 Å². The van der Waals surface area contributed by atoms with Gasteiger partial charge in [0.05, 0.1) is 11.4 Å².